The molecular formula is C18H18BrNO2. The molecule has 1 saturated carbocycles. The van der Waals surface area contributed by atoms with Crippen molar-refractivity contribution in [2.24, 2.45) is 5.92 Å². The molecule has 0 spiro atoms. The highest BCUT2D eigenvalue weighted by molar-refractivity contribution is 9.10. The first-order valence-electron chi connectivity index (χ1n) is 7.31. The van der Waals surface area contributed by atoms with E-state index >= 15 is 0 Å². The molecule has 0 bridgehead atoms. The minimum Gasteiger partial charge on any atom is -0.380 e. The van der Waals surface area contributed by atoms with Gasteiger partial charge in [-0.25, -0.2) is 0 Å². The number of nitrogens with one attached hydrogen (secondary N) is 1. The van der Waals surface area contributed by atoms with Gasteiger partial charge in [-0.1, -0.05) is 40.2 Å². The van der Waals surface area contributed by atoms with Crippen molar-refractivity contribution in [2.75, 3.05) is 12.4 Å². The highest BCUT2D eigenvalue weighted by Gasteiger charge is 2.43. The van der Waals surface area contributed by atoms with Crippen LogP contribution in [0.3, 0.4) is 0 Å². The third kappa shape index (κ3) is 3.57. The Morgan fingerprint density at radius 1 is 1.27 bits per heavy atom. The lowest BCUT2D eigenvalue weighted by atomic mass is 10.1. The Hall–Kier alpha value is -1.65. The van der Waals surface area contributed by atoms with Crippen LogP contribution in [0.4, 0.5) is 5.69 Å². The van der Waals surface area contributed by atoms with E-state index in [4.69, 9.17) is 4.74 Å². The van der Waals surface area contributed by atoms with Crippen LogP contribution in [0.15, 0.2) is 53.0 Å². The largest absolute Gasteiger partial charge is 0.380 e. The molecule has 1 fully saturated rings. The first-order chi connectivity index (χ1) is 10.7. The molecule has 2 unspecified atom stereocenters. The highest BCUT2D eigenvalue weighted by Crippen LogP contribution is 2.48. The SMILES string of the molecule is COCc1cccc(NC(=O)C2CC2c2ccc(Br)cc2)c1. The predicted octanol–water partition coefficient (Wildman–Crippen LogP) is 4.34. The molecule has 1 amide bonds. The van der Waals surface area contributed by atoms with Crippen molar-refractivity contribution in [1.29, 1.82) is 0 Å². The van der Waals surface area contributed by atoms with Crippen molar-refractivity contribution in [3.05, 3.63) is 64.1 Å². The maximum atomic E-state index is 12.3. The third-order valence-electron chi connectivity index (χ3n) is 3.93. The Bertz CT molecular complexity index is 669. The van der Waals surface area contributed by atoms with E-state index in [0.717, 1.165) is 22.1 Å². The first-order valence-corrected chi connectivity index (χ1v) is 8.11. The fourth-order valence-electron chi connectivity index (χ4n) is 2.70. The quantitative estimate of drug-likeness (QED) is 0.862. The van der Waals surface area contributed by atoms with Gasteiger partial charge in [-0.2, -0.15) is 0 Å². The lowest BCUT2D eigenvalue weighted by Gasteiger charge is -2.07. The van der Waals surface area contributed by atoms with Gasteiger partial charge in [-0.15, -0.1) is 0 Å². The highest BCUT2D eigenvalue weighted by atomic mass is 79.9. The van der Waals surface area contributed by atoms with Gasteiger partial charge in [0, 0.05) is 23.2 Å². The molecule has 4 heteroatoms. The molecule has 0 aliphatic heterocycles. The number of amides is 1. The monoisotopic (exact) mass is 359 g/mol. The number of ether oxygens (including phenoxy) is 1. The standard InChI is InChI=1S/C18H18BrNO2/c1-22-11-12-3-2-4-15(9-12)20-18(21)17-10-16(17)13-5-7-14(19)8-6-13/h2-9,16-17H,10-11H2,1H3,(H,20,21). The number of benzene rings is 2. The van der Waals surface area contributed by atoms with Gasteiger partial charge < -0.3 is 10.1 Å². The van der Waals surface area contributed by atoms with Crippen LogP contribution in [-0.4, -0.2) is 13.0 Å². The summed E-state index contributed by atoms with van der Waals surface area (Å²) in [6.07, 6.45) is 0.922. The molecule has 22 heavy (non-hydrogen) atoms. The molecule has 1 aliphatic rings. The van der Waals surface area contributed by atoms with Gasteiger partial charge in [0.05, 0.1) is 6.61 Å². The van der Waals surface area contributed by atoms with Crippen molar-refractivity contribution in [3.63, 3.8) is 0 Å². The fraction of sp³-hybridized carbons (Fsp3) is 0.278. The van der Waals surface area contributed by atoms with Crippen molar-refractivity contribution in [3.8, 4) is 0 Å². The lowest BCUT2D eigenvalue weighted by Crippen LogP contribution is -2.14. The van der Waals surface area contributed by atoms with E-state index in [1.54, 1.807) is 7.11 Å². The van der Waals surface area contributed by atoms with Crippen molar-refractivity contribution >= 4 is 27.5 Å². The predicted molar refractivity (Wildman–Crippen MR) is 90.8 cm³/mol. The number of rotatable bonds is 5. The van der Waals surface area contributed by atoms with E-state index < -0.39 is 0 Å². The summed E-state index contributed by atoms with van der Waals surface area (Å²) in [5.41, 5.74) is 3.12. The Morgan fingerprint density at radius 3 is 2.77 bits per heavy atom. The third-order valence-corrected chi connectivity index (χ3v) is 4.46. The maximum Gasteiger partial charge on any atom is 0.228 e. The number of anilines is 1. The summed E-state index contributed by atoms with van der Waals surface area (Å²) in [6, 6.07) is 16.0. The molecule has 3 rings (SSSR count). The molecule has 0 radical (unpaired) electrons. The van der Waals surface area contributed by atoms with E-state index in [1.165, 1.54) is 5.56 Å². The minimum absolute atomic E-state index is 0.0762. The van der Waals surface area contributed by atoms with Gasteiger partial charge in [0.15, 0.2) is 0 Å². The van der Waals surface area contributed by atoms with Crippen LogP contribution < -0.4 is 5.32 Å². The molecule has 0 saturated heterocycles. The molecule has 1 aliphatic carbocycles. The normalized spacial score (nSPS) is 19.7. The molecule has 2 atom stereocenters. The summed E-state index contributed by atoms with van der Waals surface area (Å²) in [7, 11) is 1.66. The average molecular weight is 360 g/mol. The topological polar surface area (TPSA) is 38.3 Å². The first kappa shape index (κ1) is 15.3. The summed E-state index contributed by atoms with van der Waals surface area (Å²) in [4.78, 5) is 12.3. The van der Waals surface area contributed by atoms with E-state index in [1.807, 2.05) is 36.4 Å². The molecule has 1 N–H and O–H groups in total. The van der Waals surface area contributed by atoms with E-state index in [9.17, 15) is 4.79 Å². The van der Waals surface area contributed by atoms with Gasteiger partial charge in [0.25, 0.3) is 0 Å². The molecule has 0 heterocycles. The van der Waals surface area contributed by atoms with E-state index in [2.05, 4.69) is 33.4 Å². The number of hydrogen-bond acceptors (Lipinski definition) is 2. The van der Waals surface area contributed by atoms with Gasteiger partial charge >= 0.3 is 0 Å². The summed E-state index contributed by atoms with van der Waals surface area (Å²) in [6.45, 7) is 0.550. The van der Waals surface area contributed by atoms with Crippen LogP contribution in [0, 0.1) is 5.92 Å². The van der Waals surface area contributed by atoms with Gasteiger partial charge in [-0.3, -0.25) is 4.79 Å². The molecule has 2 aromatic carbocycles. The summed E-state index contributed by atoms with van der Waals surface area (Å²) in [5, 5.41) is 3.01. The fourth-order valence-corrected chi connectivity index (χ4v) is 2.97. The van der Waals surface area contributed by atoms with Crippen LogP contribution in [0.5, 0.6) is 0 Å². The number of halogens is 1. The van der Waals surface area contributed by atoms with Crippen molar-refractivity contribution in [2.45, 2.75) is 18.9 Å². The number of hydrogen-bond donors (Lipinski definition) is 1. The Kier molecular flexibility index (Phi) is 4.60. The second-order valence-electron chi connectivity index (χ2n) is 5.62. The van der Waals surface area contributed by atoms with Crippen LogP contribution in [0.25, 0.3) is 0 Å². The van der Waals surface area contributed by atoms with E-state index in [-0.39, 0.29) is 11.8 Å². The molecule has 3 nitrogen and oxygen atoms in total. The Balaban J connectivity index is 1.61. The van der Waals surface area contributed by atoms with E-state index in [0.29, 0.717) is 12.5 Å². The smallest absolute Gasteiger partial charge is 0.228 e. The number of carbonyl (C=O) groups is 1. The minimum atomic E-state index is 0.0762. The average Bonchev–Trinajstić information content (AvgIpc) is 3.29. The number of carbonyl (C=O) groups excluding carboxylic acids is 1. The molecule has 0 aromatic heterocycles. The van der Waals surface area contributed by atoms with Gasteiger partial charge in [-0.05, 0) is 47.7 Å². The zero-order valence-corrected chi connectivity index (χ0v) is 14.0. The van der Waals surface area contributed by atoms with Gasteiger partial charge in [0.2, 0.25) is 5.91 Å². The zero-order chi connectivity index (χ0) is 15.5. The summed E-state index contributed by atoms with van der Waals surface area (Å²) in [5.74, 6) is 0.519. The molecule has 2 aromatic rings. The Morgan fingerprint density at radius 2 is 2.05 bits per heavy atom. The van der Waals surface area contributed by atoms with Gasteiger partial charge in [0.1, 0.15) is 0 Å². The van der Waals surface area contributed by atoms with Crippen molar-refractivity contribution < 1.29 is 9.53 Å². The molecule has 114 valence electrons. The lowest BCUT2D eigenvalue weighted by molar-refractivity contribution is -0.117. The molecular weight excluding hydrogens is 342 g/mol. The summed E-state index contributed by atoms with van der Waals surface area (Å²) < 4.78 is 6.18. The van der Waals surface area contributed by atoms with Crippen LogP contribution in [0.2, 0.25) is 0 Å². The second kappa shape index (κ2) is 6.63. The number of methoxy groups -OCH3 is 1. The van der Waals surface area contributed by atoms with Crippen LogP contribution in [-0.2, 0) is 16.1 Å². The Labute approximate surface area is 138 Å². The maximum absolute atomic E-state index is 12.3. The second-order valence-corrected chi connectivity index (χ2v) is 6.54. The zero-order valence-electron chi connectivity index (χ0n) is 12.4. The van der Waals surface area contributed by atoms with Crippen LogP contribution >= 0.6 is 15.9 Å². The van der Waals surface area contributed by atoms with Crippen molar-refractivity contribution in [1.82, 2.24) is 0 Å². The van der Waals surface area contributed by atoms with Crippen LogP contribution in [0.1, 0.15) is 23.5 Å². The summed E-state index contributed by atoms with van der Waals surface area (Å²) >= 11 is 3.43.